The number of hydrogen-bond donors (Lipinski definition) is 2. The van der Waals surface area contributed by atoms with E-state index < -0.39 is 0 Å². The van der Waals surface area contributed by atoms with Crippen LogP contribution in [0.3, 0.4) is 0 Å². The number of rotatable bonds is 4. The van der Waals surface area contributed by atoms with Crippen molar-refractivity contribution in [2.24, 2.45) is 0 Å². The average molecular weight is 379 g/mol. The first kappa shape index (κ1) is 18.7. The minimum absolute atomic E-state index is 0.191. The molecule has 4 nitrogen and oxygen atoms in total. The molecule has 0 bridgehead atoms. The van der Waals surface area contributed by atoms with Gasteiger partial charge in [-0.15, -0.1) is 0 Å². The van der Waals surface area contributed by atoms with E-state index in [0.717, 1.165) is 11.1 Å². The van der Waals surface area contributed by atoms with Crippen LogP contribution in [0.1, 0.15) is 31.8 Å². The molecule has 3 aromatic carbocycles. The Labute approximate surface area is 163 Å². The van der Waals surface area contributed by atoms with Crippen molar-refractivity contribution in [1.29, 1.82) is 0 Å². The molecule has 3 aromatic rings. The Balaban J connectivity index is 1.66. The minimum Gasteiger partial charge on any atom is -0.322 e. The Morgan fingerprint density at radius 1 is 0.741 bits per heavy atom. The maximum atomic E-state index is 12.4. The lowest BCUT2D eigenvalue weighted by Crippen LogP contribution is -2.14. The summed E-state index contributed by atoms with van der Waals surface area (Å²) in [6, 6.07) is 19.4. The lowest BCUT2D eigenvalue weighted by atomic mass is 10.1. The molecule has 0 spiro atoms. The zero-order chi connectivity index (χ0) is 19.4. The van der Waals surface area contributed by atoms with E-state index in [1.165, 1.54) is 0 Å². The molecule has 0 unspecified atom stereocenters. The van der Waals surface area contributed by atoms with Crippen molar-refractivity contribution in [3.8, 4) is 0 Å². The minimum atomic E-state index is -0.225. The number of aryl methyl sites for hydroxylation is 2. The number of anilines is 2. The standard InChI is InChI=1S/C22H19ClN2O2/c1-14-3-5-16(6-4-14)21(26)24-19-10-7-17(8-11-19)22(27)25-20-12-9-18(23)13-15(20)2/h3-13H,1-2H3,(H,24,26)(H,25,27). The molecule has 27 heavy (non-hydrogen) atoms. The lowest BCUT2D eigenvalue weighted by molar-refractivity contribution is 0.102. The van der Waals surface area contributed by atoms with Gasteiger partial charge in [0.1, 0.15) is 0 Å². The van der Waals surface area contributed by atoms with Crippen LogP contribution in [-0.4, -0.2) is 11.8 Å². The molecule has 0 aliphatic carbocycles. The van der Waals surface area contributed by atoms with Crippen LogP contribution in [0.25, 0.3) is 0 Å². The summed E-state index contributed by atoms with van der Waals surface area (Å²) < 4.78 is 0. The fourth-order valence-electron chi connectivity index (χ4n) is 2.57. The van der Waals surface area contributed by atoms with Gasteiger partial charge in [-0.1, -0.05) is 29.3 Å². The number of hydrogen-bond acceptors (Lipinski definition) is 2. The summed E-state index contributed by atoms with van der Waals surface area (Å²) in [7, 11) is 0. The van der Waals surface area contributed by atoms with Gasteiger partial charge >= 0.3 is 0 Å². The summed E-state index contributed by atoms with van der Waals surface area (Å²) in [5, 5.41) is 6.31. The average Bonchev–Trinajstić information content (AvgIpc) is 2.65. The van der Waals surface area contributed by atoms with Crippen LogP contribution < -0.4 is 10.6 Å². The molecule has 5 heteroatoms. The fourth-order valence-corrected chi connectivity index (χ4v) is 2.80. The van der Waals surface area contributed by atoms with E-state index >= 15 is 0 Å². The smallest absolute Gasteiger partial charge is 0.255 e. The van der Waals surface area contributed by atoms with Crippen molar-refractivity contribution in [2.75, 3.05) is 10.6 Å². The van der Waals surface area contributed by atoms with E-state index in [0.29, 0.717) is 27.5 Å². The number of carbonyl (C=O) groups is 2. The zero-order valence-electron chi connectivity index (χ0n) is 15.0. The number of amides is 2. The molecule has 0 aromatic heterocycles. The molecule has 0 fully saturated rings. The van der Waals surface area contributed by atoms with Crippen LogP contribution in [0.4, 0.5) is 11.4 Å². The van der Waals surface area contributed by atoms with Gasteiger partial charge in [-0.05, 0) is 74.0 Å². The number of benzene rings is 3. The highest BCUT2D eigenvalue weighted by molar-refractivity contribution is 6.30. The Hall–Kier alpha value is -3.11. The molecular formula is C22H19ClN2O2. The lowest BCUT2D eigenvalue weighted by Gasteiger charge is -2.10. The fraction of sp³-hybridized carbons (Fsp3) is 0.0909. The monoisotopic (exact) mass is 378 g/mol. The van der Waals surface area contributed by atoms with Crippen LogP contribution in [0.5, 0.6) is 0 Å². The summed E-state index contributed by atoms with van der Waals surface area (Å²) in [6.07, 6.45) is 0. The van der Waals surface area contributed by atoms with E-state index in [1.807, 2.05) is 26.0 Å². The number of carbonyl (C=O) groups excluding carboxylic acids is 2. The molecule has 0 atom stereocenters. The van der Waals surface area contributed by atoms with E-state index in [4.69, 9.17) is 11.6 Å². The quantitative estimate of drug-likeness (QED) is 0.633. The van der Waals surface area contributed by atoms with Gasteiger partial charge in [0.05, 0.1) is 0 Å². The third-order valence-corrected chi connectivity index (χ3v) is 4.39. The molecule has 0 radical (unpaired) electrons. The second kappa shape index (κ2) is 8.06. The van der Waals surface area contributed by atoms with Crippen molar-refractivity contribution in [3.63, 3.8) is 0 Å². The van der Waals surface area contributed by atoms with Gasteiger partial charge < -0.3 is 10.6 Å². The van der Waals surface area contributed by atoms with Gasteiger partial charge in [0.2, 0.25) is 0 Å². The highest BCUT2D eigenvalue weighted by Crippen LogP contribution is 2.20. The highest BCUT2D eigenvalue weighted by Gasteiger charge is 2.10. The normalized spacial score (nSPS) is 10.3. The van der Waals surface area contributed by atoms with Crippen molar-refractivity contribution in [2.45, 2.75) is 13.8 Å². The second-order valence-electron chi connectivity index (χ2n) is 6.31. The Morgan fingerprint density at radius 2 is 1.30 bits per heavy atom. The molecule has 2 N–H and O–H groups in total. The second-order valence-corrected chi connectivity index (χ2v) is 6.75. The van der Waals surface area contributed by atoms with E-state index in [1.54, 1.807) is 54.6 Å². The molecule has 0 heterocycles. The molecular weight excluding hydrogens is 360 g/mol. The maximum Gasteiger partial charge on any atom is 0.255 e. The van der Waals surface area contributed by atoms with Gasteiger partial charge in [0.25, 0.3) is 11.8 Å². The summed E-state index contributed by atoms with van der Waals surface area (Å²) in [4.78, 5) is 24.7. The van der Waals surface area contributed by atoms with Gasteiger partial charge in [0, 0.05) is 27.5 Å². The van der Waals surface area contributed by atoms with Crippen LogP contribution in [0.2, 0.25) is 5.02 Å². The first-order chi connectivity index (χ1) is 12.9. The largest absolute Gasteiger partial charge is 0.322 e. The SMILES string of the molecule is Cc1ccc(C(=O)Nc2ccc(C(=O)Nc3ccc(Cl)cc3C)cc2)cc1. The molecule has 2 amide bonds. The molecule has 136 valence electrons. The molecule has 0 aliphatic rings. The Bertz CT molecular complexity index is 980. The van der Waals surface area contributed by atoms with Crippen LogP contribution >= 0.6 is 11.6 Å². The maximum absolute atomic E-state index is 12.4. The summed E-state index contributed by atoms with van der Waals surface area (Å²) in [6.45, 7) is 3.85. The van der Waals surface area contributed by atoms with Gasteiger partial charge in [0.15, 0.2) is 0 Å². The van der Waals surface area contributed by atoms with Crippen molar-refractivity contribution in [1.82, 2.24) is 0 Å². The molecule has 0 aliphatic heterocycles. The number of nitrogens with one attached hydrogen (secondary N) is 2. The van der Waals surface area contributed by atoms with E-state index in [-0.39, 0.29) is 11.8 Å². The van der Waals surface area contributed by atoms with Crippen molar-refractivity contribution in [3.05, 3.63) is 94.0 Å². The summed E-state index contributed by atoms with van der Waals surface area (Å²) in [5.41, 5.74) is 4.40. The van der Waals surface area contributed by atoms with E-state index in [2.05, 4.69) is 10.6 Å². The third kappa shape index (κ3) is 4.74. The topological polar surface area (TPSA) is 58.2 Å². The number of halogens is 1. The predicted octanol–water partition coefficient (Wildman–Crippen LogP) is 5.46. The third-order valence-electron chi connectivity index (χ3n) is 4.16. The van der Waals surface area contributed by atoms with Crippen molar-refractivity contribution < 1.29 is 9.59 Å². The van der Waals surface area contributed by atoms with Crippen molar-refractivity contribution >= 4 is 34.8 Å². The summed E-state index contributed by atoms with van der Waals surface area (Å²) in [5.74, 6) is -0.416. The molecule has 3 rings (SSSR count). The Kier molecular flexibility index (Phi) is 5.57. The van der Waals surface area contributed by atoms with E-state index in [9.17, 15) is 9.59 Å². The predicted molar refractivity (Wildman–Crippen MR) is 110 cm³/mol. The van der Waals surface area contributed by atoms with Crippen LogP contribution in [0, 0.1) is 13.8 Å². The van der Waals surface area contributed by atoms with Gasteiger partial charge in [-0.25, -0.2) is 0 Å². The van der Waals surface area contributed by atoms with Crippen LogP contribution in [-0.2, 0) is 0 Å². The van der Waals surface area contributed by atoms with Crippen LogP contribution in [0.15, 0.2) is 66.7 Å². The Morgan fingerprint density at radius 3 is 1.89 bits per heavy atom. The van der Waals surface area contributed by atoms with Gasteiger partial charge in [-0.3, -0.25) is 9.59 Å². The first-order valence-corrected chi connectivity index (χ1v) is 8.86. The highest BCUT2D eigenvalue weighted by atomic mass is 35.5. The first-order valence-electron chi connectivity index (χ1n) is 8.48. The summed E-state index contributed by atoms with van der Waals surface area (Å²) >= 11 is 5.93. The molecule has 0 saturated carbocycles. The molecule has 0 saturated heterocycles. The zero-order valence-corrected chi connectivity index (χ0v) is 15.8. The van der Waals surface area contributed by atoms with Gasteiger partial charge in [-0.2, -0.15) is 0 Å².